The van der Waals surface area contributed by atoms with Crippen molar-refractivity contribution in [2.75, 3.05) is 0 Å². The first kappa shape index (κ1) is 20.1. The van der Waals surface area contributed by atoms with Crippen molar-refractivity contribution in [1.82, 2.24) is 5.32 Å². The van der Waals surface area contributed by atoms with E-state index >= 15 is 0 Å². The maximum Gasteiger partial charge on any atom is 0.180 e. The van der Waals surface area contributed by atoms with Crippen LogP contribution in [0.4, 0.5) is 0 Å². The molecule has 2 fully saturated rings. The van der Waals surface area contributed by atoms with E-state index in [4.69, 9.17) is 0 Å². The highest BCUT2D eigenvalue weighted by molar-refractivity contribution is 6.03. The fraction of sp³-hybridized carbons (Fsp3) is 0.194. The summed E-state index contributed by atoms with van der Waals surface area (Å²) in [6.07, 6.45) is 0. The molecule has 2 nitrogen and oxygen atoms in total. The van der Waals surface area contributed by atoms with Crippen LogP contribution < -0.4 is 5.32 Å². The fourth-order valence-corrected chi connectivity index (χ4v) is 6.92. The van der Waals surface area contributed by atoms with E-state index in [1.54, 1.807) is 0 Å². The van der Waals surface area contributed by atoms with Crippen LogP contribution in [0.5, 0.6) is 0 Å². The molecule has 0 amide bonds. The summed E-state index contributed by atoms with van der Waals surface area (Å²) in [7, 11) is 0. The predicted molar refractivity (Wildman–Crippen MR) is 132 cm³/mol. The molecule has 4 aromatic rings. The Morgan fingerprint density at radius 3 is 1.64 bits per heavy atom. The summed E-state index contributed by atoms with van der Waals surface area (Å²) in [5.41, 5.74) is 3.98. The zero-order valence-corrected chi connectivity index (χ0v) is 18.7. The topological polar surface area (TPSA) is 29.1 Å². The normalized spacial score (nSPS) is 29.9. The van der Waals surface area contributed by atoms with Gasteiger partial charge in [-0.25, -0.2) is 0 Å². The summed E-state index contributed by atoms with van der Waals surface area (Å²) in [4.78, 5) is 14.1. The van der Waals surface area contributed by atoms with Crippen LogP contribution in [0, 0.1) is 5.92 Å². The number of piperidine rings is 1. The fourth-order valence-electron chi connectivity index (χ4n) is 6.92. The molecule has 1 aliphatic heterocycles. The van der Waals surface area contributed by atoms with Gasteiger partial charge in [0.1, 0.15) is 0 Å². The molecule has 6 rings (SSSR count). The third-order valence-corrected chi connectivity index (χ3v) is 8.17. The monoisotopic (exact) mass is 429 g/mol. The van der Waals surface area contributed by atoms with E-state index in [0.717, 1.165) is 5.56 Å². The molecule has 2 heteroatoms. The second-order valence-electron chi connectivity index (χ2n) is 9.37. The van der Waals surface area contributed by atoms with Crippen molar-refractivity contribution >= 4 is 5.78 Å². The Labute approximate surface area is 195 Å². The van der Waals surface area contributed by atoms with Gasteiger partial charge in [0.05, 0.1) is 6.04 Å². The number of carbonyl (C=O) groups excluding carboxylic acids is 1. The molecule has 0 radical (unpaired) electrons. The molecule has 5 atom stereocenters. The molecule has 4 aromatic carbocycles. The lowest BCUT2D eigenvalue weighted by Gasteiger charge is -2.27. The molecule has 0 unspecified atom stereocenters. The Balaban J connectivity index is 1.62. The van der Waals surface area contributed by atoms with Crippen molar-refractivity contribution < 1.29 is 4.79 Å². The lowest BCUT2D eigenvalue weighted by Crippen LogP contribution is -2.44. The van der Waals surface area contributed by atoms with Crippen molar-refractivity contribution in [3.8, 4) is 0 Å². The van der Waals surface area contributed by atoms with Crippen molar-refractivity contribution in [3.05, 3.63) is 144 Å². The van der Waals surface area contributed by atoms with Crippen LogP contribution in [-0.2, 0) is 10.8 Å². The van der Waals surface area contributed by atoms with Gasteiger partial charge in [-0.1, -0.05) is 128 Å². The largest absolute Gasteiger partial charge is 0.299 e. The number of fused-ring (bicyclic) bond motifs is 1. The van der Waals surface area contributed by atoms with Crippen LogP contribution in [0.1, 0.15) is 40.0 Å². The maximum atomic E-state index is 14.1. The molecule has 2 aliphatic rings. The molecule has 1 saturated heterocycles. The highest BCUT2D eigenvalue weighted by atomic mass is 16.1. The SMILES string of the molecule is C[C@H]1[C@@]2(c3ccccc3)[C@@H](c3ccccc3)N[C@@H](C(=O)c3ccccc3)[C@]12c1ccccc1. The zero-order valence-electron chi connectivity index (χ0n) is 18.7. The lowest BCUT2D eigenvalue weighted by molar-refractivity contribution is 0.0924. The van der Waals surface area contributed by atoms with Crippen LogP contribution in [0.25, 0.3) is 0 Å². The van der Waals surface area contributed by atoms with Crippen molar-refractivity contribution in [3.63, 3.8) is 0 Å². The average molecular weight is 430 g/mol. The summed E-state index contributed by atoms with van der Waals surface area (Å²) >= 11 is 0. The maximum absolute atomic E-state index is 14.1. The van der Waals surface area contributed by atoms with Gasteiger partial charge in [-0.2, -0.15) is 0 Å². The molecule has 1 N–H and O–H groups in total. The average Bonchev–Trinajstić information content (AvgIpc) is 3.29. The Bertz CT molecular complexity index is 1270. The van der Waals surface area contributed by atoms with Gasteiger partial charge < -0.3 is 0 Å². The molecule has 33 heavy (non-hydrogen) atoms. The molecule has 1 aliphatic carbocycles. The lowest BCUT2D eigenvalue weighted by atomic mass is 9.75. The number of Topliss-reactive ketones (excluding diaryl/α,β-unsaturated/α-hetero) is 1. The number of carbonyl (C=O) groups is 1. The minimum Gasteiger partial charge on any atom is -0.299 e. The summed E-state index contributed by atoms with van der Waals surface area (Å²) in [6, 6.07) is 41.6. The molecule has 1 heterocycles. The molecule has 0 bridgehead atoms. The summed E-state index contributed by atoms with van der Waals surface area (Å²) in [6.45, 7) is 2.34. The number of ketones is 1. The van der Waals surface area contributed by atoms with E-state index in [1.807, 2.05) is 30.3 Å². The Morgan fingerprint density at radius 2 is 1.09 bits per heavy atom. The number of hydrogen-bond donors (Lipinski definition) is 1. The van der Waals surface area contributed by atoms with Gasteiger partial charge in [0.2, 0.25) is 0 Å². The Hall–Kier alpha value is -3.49. The van der Waals surface area contributed by atoms with E-state index in [-0.39, 0.29) is 28.7 Å². The van der Waals surface area contributed by atoms with E-state index in [0.29, 0.717) is 5.92 Å². The van der Waals surface area contributed by atoms with Crippen molar-refractivity contribution in [2.45, 2.75) is 29.8 Å². The quantitative estimate of drug-likeness (QED) is 0.388. The van der Waals surface area contributed by atoms with E-state index in [2.05, 4.69) is 103 Å². The highest BCUT2D eigenvalue weighted by Gasteiger charge is 2.85. The molecular formula is C31H27NO. The van der Waals surface area contributed by atoms with Crippen LogP contribution >= 0.6 is 0 Å². The van der Waals surface area contributed by atoms with E-state index in [1.165, 1.54) is 16.7 Å². The highest BCUT2D eigenvalue weighted by Crippen LogP contribution is 2.79. The van der Waals surface area contributed by atoms with Gasteiger partial charge in [0.15, 0.2) is 5.78 Å². The molecule has 0 spiro atoms. The van der Waals surface area contributed by atoms with Crippen LogP contribution in [0.3, 0.4) is 0 Å². The second-order valence-corrected chi connectivity index (χ2v) is 9.37. The minimum atomic E-state index is -0.330. The molecule has 0 aromatic heterocycles. The molecular weight excluding hydrogens is 402 g/mol. The number of rotatable bonds is 5. The Morgan fingerprint density at radius 1 is 0.636 bits per heavy atom. The first-order valence-electron chi connectivity index (χ1n) is 11.7. The molecule has 162 valence electrons. The first-order valence-corrected chi connectivity index (χ1v) is 11.7. The van der Waals surface area contributed by atoms with Gasteiger partial charge in [0.25, 0.3) is 0 Å². The standard InChI is InChI=1S/C31H27NO/c1-22-30(25-18-10-4-11-19-25)28(24-16-8-3-9-17-24)32-29(27(33)23-14-6-2-7-15-23)31(22,30)26-20-12-5-13-21-26/h2-22,28-29,32H,1H3/t22-,28+,29-,30+,31+/m0/s1. The van der Waals surface area contributed by atoms with E-state index in [9.17, 15) is 4.79 Å². The number of benzene rings is 4. The van der Waals surface area contributed by atoms with Gasteiger partial charge in [-0.3, -0.25) is 10.1 Å². The third kappa shape index (κ3) is 2.62. The number of nitrogens with one attached hydrogen (secondary N) is 1. The van der Waals surface area contributed by atoms with Gasteiger partial charge in [-0.15, -0.1) is 0 Å². The second kappa shape index (κ2) is 7.54. The van der Waals surface area contributed by atoms with Crippen LogP contribution in [0.2, 0.25) is 0 Å². The zero-order chi connectivity index (χ0) is 22.5. The number of hydrogen-bond acceptors (Lipinski definition) is 2. The summed E-state index contributed by atoms with van der Waals surface area (Å²) < 4.78 is 0. The van der Waals surface area contributed by atoms with Crippen LogP contribution in [0.15, 0.2) is 121 Å². The summed E-state index contributed by atoms with van der Waals surface area (Å²) in [5, 5.41) is 3.86. The van der Waals surface area contributed by atoms with E-state index < -0.39 is 0 Å². The first-order chi connectivity index (χ1) is 16.2. The van der Waals surface area contributed by atoms with Crippen molar-refractivity contribution in [2.24, 2.45) is 5.92 Å². The molecule has 1 saturated carbocycles. The van der Waals surface area contributed by atoms with Gasteiger partial charge in [-0.05, 0) is 22.6 Å². The smallest absolute Gasteiger partial charge is 0.180 e. The third-order valence-electron chi connectivity index (χ3n) is 8.17. The van der Waals surface area contributed by atoms with Crippen LogP contribution in [-0.4, -0.2) is 11.8 Å². The van der Waals surface area contributed by atoms with Gasteiger partial charge >= 0.3 is 0 Å². The summed E-state index contributed by atoms with van der Waals surface area (Å²) in [5.74, 6) is 0.460. The Kier molecular flexibility index (Phi) is 4.60. The minimum absolute atomic E-state index is 0.0361. The van der Waals surface area contributed by atoms with Crippen molar-refractivity contribution in [1.29, 1.82) is 0 Å². The predicted octanol–water partition coefficient (Wildman–Crippen LogP) is 6.11. The van der Waals surface area contributed by atoms with Gasteiger partial charge in [0, 0.05) is 22.4 Å².